The Hall–Kier alpha value is -3.37. The van der Waals surface area contributed by atoms with Gasteiger partial charge in [-0.25, -0.2) is 4.98 Å². The van der Waals surface area contributed by atoms with Gasteiger partial charge in [0.1, 0.15) is 11.6 Å². The Morgan fingerprint density at radius 3 is 2.37 bits per heavy atom. The second-order valence-corrected chi connectivity index (χ2v) is 6.41. The Morgan fingerprint density at radius 1 is 0.889 bits per heavy atom. The van der Waals surface area contributed by atoms with E-state index in [9.17, 15) is 9.90 Å². The van der Waals surface area contributed by atoms with Crippen molar-refractivity contribution in [2.75, 3.05) is 0 Å². The molecular formula is C22H15ClN2O2. The molecular weight excluding hydrogens is 360 g/mol. The number of nitrogens with zero attached hydrogens (tertiary/aromatic N) is 2. The molecule has 0 spiro atoms. The minimum Gasteiger partial charge on any atom is -0.508 e. The van der Waals surface area contributed by atoms with Gasteiger partial charge in [-0.3, -0.25) is 9.36 Å². The lowest BCUT2D eigenvalue weighted by Gasteiger charge is -2.12. The highest BCUT2D eigenvalue weighted by atomic mass is 35.5. The van der Waals surface area contributed by atoms with Crippen molar-refractivity contribution in [3.05, 3.63) is 99.6 Å². The molecule has 0 aliphatic rings. The van der Waals surface area contributed by atoms with Gasteiger partial charge in [0.15, 0.2) is 0 Å². The molecule has 0 atom stereocenters. The van der Waals surface area contributed by atoms with E-state index in [1.54, 1.807) is 48.5 Å². The van der Waals surface area contributed by atoms with Crippen LogP contribution in [-0.4, -0.2) is 14.7 Å². The first kappa shape index (κ1) is 17.1. The fraction of sp³-hybridized carbons (Fsp3) is 0. The highest BCUT2D eigenvalue weighted by Crippen LogP contribution is 2.22. The zero-order valence-corrected chi connectivity index (χ0v) is 15.0. The lowest BCUT2D eigenvalue weighted by atomic mass is 10.2. The number of hydrogen-bond donors (Lipinski definition) is 1. The van der Waals surface area contributed by atoms with Crippen LogP contribution in [0.3, 0.4) is 0 Å². The lowest BCUT2D eigenvalue weighted by Crippen LogP contribution is -2.22. The number of para-hydroxylation sites is 2. The van der Waals surface area contributed by atoms with Crippen LogP contribution in [0.2, 0.25) is 5.02 Å². The molecule has 1 heterocycles. The molecule has 27 heavy (non-hydrogen) atoms. The van der Waals surface area contributed by atoms with Crippen molar-refractivity contribution in [1.29, 1.82) is 0 Å². The van der Waals surface area contributed by atoms with E-state index in [-0.39, 0.29) is 11.3 Å². The topological polar surface area (TPSA) is 55.1 Å². The van der Waals surface area contributed by atoms with Crippen LogP contribution < -0.4 is 5.56 Å². The zero-order chi connectivity index (χ0) is 18.8. The van der Waals surface area contributed by atoms with Crippen LogP contribution in [0, 0.1) is 0 Å². The van der Waals surface area contributed by atoms with Crippen molar-refractivity contribution in [3.8, 4) is 11.4 Å². The summed E-state index contributed by atoms with van der Waals surface area (Å²) in [5.41, 5.74) is 1.89. The second-order valence-electron chi connectivity index (χ2n) is 6.00. The van der Waals surface area contributed by atoms with E-state index in [1.165, 1.54) is 4.57 Å². The van der Waals surface area contributed by atoms with Crippen molar-refractivity contribution in [3.63, 3.8) is 0 Å². The number of phenolic OH excluding ortho intramolecular Hbond substituents is 1. The summed E-state index contributed by atoms with van der Waals surface area (Å²) in [6.45, 7) is 0. The third-order valence-corrected chi connectivity index (χ3v) is 4.53. The summed E-state index contributed by atoms with van der Waals surface area (Å²) >= 11 is 6.35. The molecule has 1 aromatic heterocycles. The molecule has 4 rings (SSSR count). The number of rotatable bonds is 3. The monoisotopic (exact) mass is 374 g/mol. The third kappa shape index (κ3) is 3.35. The highest BCUT2D eigenvalue weighted by molar-refractivity contribution is 6.32. The summed E-state index contributed by atoms with van der Waals surface area (Å²) in [5.74, 6) is 0.670. The minimum atomic E-state index is -0.181. The largest absolute Gasteiger partial charge is 0.508 e. The maximum atomic E-state index is 13.2. The average Bonchev–Trinajstić information content (AvgIpc) is 2.69. The van der Waals surface area contributed by atoms with E-state index in [1.807, 2.05) is 36.4 Å². The van der Waals surface area contributed by atoms with Crippen LogP contribution >= 0.6 is 11.6 Å². The van der Waals surface area contributed by atoms with Gasteiger partial charge < -0.3 is 5.11 Å². The van der Waals surface area contributed by atoms with E-state index < -0.39 is 0 Å². The number of hydrogen-bond acceptors (Lipinski definition) is 3. The van der Waals surface area contributed by atoms with E-state index in [0.717, 1.165) is 5.56 Å². The number of aromatic nitrogens is 2. The van der Waals surface area contributed by atoms with Crippen LogP contribution in [-0.2, 0) is 0 Å². The molecule has 5 heteroatoms. The predicted molar refractivity (Wildman–Crippen MR) is 109 cm³/mol. The van der Waals surface area contributed by atoms with Crippen molar-refractivity contribution in [2.45, 2.75) is 0 Å². The summed E-state index contributed by atoms with van der Waals surface area (Å²) in [4.78, 5) is 17.8. The Balaban J connectivity index is 1.95. The van der Waals surface area contributed by atoms with Crippen LogP contribution in [0.4, 0.5) is 0 Å². The van der Waals surface area contributed by atoms with Crippen molar-refractivity contribution < 1.29 is 5.11 Å². The fourth-order valence-electron chi connectivity index (χ4n) is 2.88. The highest BCUT2D eigenvalue weighted by Gasteiger charge is 2.13. The first-order valence-corrected chi connectivity index (χ1v) is 8.75. The molecule has 0 aliphatic heterocycles. The van der Waals surface area contributed by atoms with Crippen LogP contribution in [0.5, 0.6) is 5.75 Å². The van der Waals surface area contributed by atoms with E-state index in [4.69, 9.17) is 11.6 Å². The van der Waals surface area contributed by atoms with Gasteiger partial charge in [0.25, 0.3) is 5.56 Å². The summed E-state index contributed by atoms with van der Waals surface area (Å²) in [7, 11) is 0. The van der Waals surface area contributed by atoms with Crippen LogP contribution in [0.25, 0.3) is 28.7 Å². The predicted octanol–water partition coefficient (Wildman–Crippen LogP) is 4.92. The van der Waals surface area contributed by atoms with Crippen molar-refractivity contribution >= 4 is 34.7 Å². The Kier molecular flexibility index (Phi) is 4.48. The summed E-state index contributed by atoms with van der Waals surface area (Å²) < 4.78 is 1.52. The van der Waals surface area contributed by atoms with Gasteiger partial charge >= 0.3 is 0 Å². The van der Waals surface area contributed by atoms with Crippen LogP contribution in [0.1, 0.15) is 11.4 Å². The number of fused-ring (bicyclic) bond motifs is 1. The standard InChI is InChI=1S/C22H15ClN2O2/c23-18-6-2-4-8-20(18)25-21(14-11-15-9-12-16(26)13-10-15)24-19-7-3-1-5-17(19)22(25)27/h1-14,26H/b14-11-. The first-order valence-electron chi connectivity index (χ1n) is 8.37. The van der Waals surface area contributed by atoms with Gasteiger partial charge in [0.05, 0.1) is 21.6 Å². The van der Waals surface area contributed by atoms with Gasteiger partial charge in [0, 0.05) is 0 Å². The van der Waals surface area contributed by atoms with Gasteiger partial charge in [-0.2, -0.15) is 0 Å². The number of halogens is 1. The Labute approximate surface area is 160 Å². The van der Waals surface area contributed by atoms with Crippen LogP contribution in [0.15, 0.2) is 77.6 Å². The molecule has 0 bridgehead atoms. The Morgan fingerprint density at radius 2 is 1.59 bits per heavy atom. The molecule has 0 fully saturated rings. The van der Waals surface area contributed by atoms with Gasteiger partial charge in [0.2, 0.25) is 0 Å². The SMILES string of the molecule is O=c1c2ccccc2nc(/C=C\c2ccc(O)cc2)n1-c1ccccc1Cl. The van der Waals surface area contributed by atoms with E-state index >= 15 is 0 Å². The molecule has 1 N–H and O–H groups in total. The average molecular weight is 375 g/mol. The third-order valence-electron chi connectivity index (χ3n) is 4.21. The van der Waals surface area contributed by atoms with E-state index in [0.29, 0.717) is 27.4 Å². The quantitative estimate of drug-likeness (QED) is 0.554. The minimum absolute atomic E-state index is 0.181. The molecule has 4 nitrogen and oxygen atoms in total. The molecule has 0 unspecified atom stereocenters. The molecule has 0 saturated heterocycles. The number of aromatic hydroxyl groups is 1. The zero-order valence-electron chi connectivity index (χ0n) is 14.2. The second kappa shape index (κ2) is 7.09. The summed E-state index contributed by atoms with van der Waals surface area (Å²) in [6.07, 6.45) is 3.60. The number of phenols is 1. The van der Waals surface area contributed by atoms with Crippen molar-refractivity contribution in [2.24, 2.45) is 0 Å². The maximum Gasteiger partial charge on any atom is 0.266 e. The summed E-state index contributed by atoms with van der Waals surface area (Å²) in [6, 6.07) is 21.2. The van der Waals surface area contributed by atoms with Crippen molar-refractivity contribution in [1.82, 2.24) is 9.55 Å². The smallest absolute Gasteiger partial charge is 0.266 e. The molecule has 0 radical (unpaired) electrons. The molecule has 4 aromatic rings. The maximum absolute atomic E-state index is 13.2. The molecule has 3 aromatic carbocycles. The number of benzene rings is 3. The summed E-state index contributed by atoms with van der Waals surface area (Å²) in [5, 5.41) is 10.4. The normalized spacial score (nSPS) is 11.3. The van der Waals surface area contributed by atoms with Gasteiger partial charge in [-0.15, -0.1) is 0 Å². The molecule has 0 amide bonds. The molecule has 132 valence electrons. The fourth-order valence-corrected chi connectivity index (χ4v) is 3.10. The van der Waals surface area contributed by atoms with Gasteiger partial charge in [-0.1, -0.05) is 54.1 Å². The lowest BCUT2D eigenvalue weighted by molar-refractivity contribution is 0.475. The molecule has 0 saturated carbocycles. The Bertz CT molecular complexity index is 1210. The van der Waals surface area contributed by atoms with Gasteiger partial charge in [-0.05, 0) is 48.0 Å². The van der Waals surface area contributed by atoms with E-state index in [2.05, 4.69) is 4.98 Å². The first-order chi connectivity index (χ1) is 13.1. The molecule has 0 aliphatic carbocycles.